The summed E-state index contributed by atoms with van der Waals surface area (Å²) in [6.45, 7) is 6.88. The highest BCUT2D eigenvalue weighted by atomic mass is 16.5. The van der Waals surface area contributed by atoms with Crippen LogP contribution in [0.4, 0.5) is 0 Å². The quantitative estimate of drug-likeness (QED) is 0.794. The minimum atomic E-state index is -0.0973. The van der Waals surface area contributed by atoms with Gasteiger partial charge in [0, 0.05) is 31.8 Å². The first kappa shape index (κ1) is 15.7. The molecule has 0 atom stereocenters. The summed E-state index contributed by atoms with van der Waals surface area (Å²) in [6, 6.07) is 8.65. The third-order valence-electron chi connectivity index (χ3n) is 2.96. The number of aliphatic hydroxyl groups is 1. The summed E-state index contributed by atoms with van der Waals surface area (Å²) < 4.78 is 5.14. The fourth-order valence-electron chi connectivity index (χ4n) is 1.80. The van der Waals surface area contributed by atoms with Crippen LogP contribution in [0.15, 0.2) is 24.3 Å². The van der Waals surface area contributed by atoms with Gasteiger partial charge < -0.3 is 9.84 Å². The summed E-state index contributed by atoms with van der Waals surface area (Å²) in [5.74, 6) is 5.55. The lowest BCUT2D eigenvalue weighted by Crippen LogP contribution is -2.33. The molecule has 3 nitrogen and oxygen atoms in total. The summed E-state index contributed by atoms with van der Waals surface area (Å²) in [5.41, 5.74) is 2.20. The zero-order valence-electron chi connectivity index (χ0n) is 12.0. The molecule has 0 saturated heterocycles. The average molecular weight is 261 g/mol. The highest BCUT2D eigenvalue weighted by molar-refractivity contribution is 5.36. The SMILES string of the molecule is COCCN(Cc1ccc(C#CCO)cc1)C(C)C. The molecule has 0 aromatic heterocycles. The molecule has 19 heavy (non-hydrogen) atoms. The molecule has 0 bridgehead atoms. The van der Waals surface area contributed by atoms with E-state index in [4.69, 9.17) is 9.84 Å². The zero-order chi connectivity index (χ0) is 14.1. The van der Waals surface area contributed by atoms with Crippen LogP contribution < -0.4 is 0 Å². The number of hydrogen-bond donors (Lipinski definition) is 1. The van der Waals surface area contributed by atoms with Crippen LogP contribution in [0.1, 0.15) is 25.0 Å². The van der Waals surface area contributed by atoms with Crippen LogP contribution in [0.3, 0.4) is 0 Å². The molecular formula is C16H23NO2. The first-order valence-corrected chi connectivity index (χ1v) is 6.59. The monoisotopic (exact) mass is 261 g/mol. The molecule has 0 fully saturated rings. The molecule has 0 spiro atoms. The number of hydrogen-bond acceptors (Lipinski definition) is 3. The predicted octanol–water partition coefficient (Wildman–Crippen LogP) is 1.89. The lowest BCUT2D eigenvalue weighted by molar-refractivity contribution is 0.125. The fourth-order valence-corrected chi connectivity index (χ4v) is 1.80. The van der Waals surface area contributed by atoms with Gasteiger partial charge in [-0.05, 0) is 31.5 Å². The van der Waals surface area contributed by atoms with Gasteiger partial charge in [0.05, 0.1) is 6.61 Å². The number of ether oxygens (including phenoxy) is 1. The molecule has 1 rings (SSSR count). The van der Waals surface area contributed by atoms with Gasteiger partial charge in [0.1, 0.15) is 6.61 Å². The van der Waals surface area contributed by atoms with Crippen molar-refractivity contribution in [1.82, 2.24) is 4.90 Å². The minimum absolute atomic E-state index is 0.0973. The van der Waals surface area contributed by atoms with E-state index in [1.807, 2.05) is 12.1 Å². The lowest BCUT2D eigenvalue weighted by Gasteiger charge is -2.26. The van der Waals surface area contributed by atoms with E-state index >= 15 is 0 Å². The second-order valence-corrected chi connectivity index (χ2v) is 4.71. The van der Waals surface area contributed by atoms with Crippen LogP contribution in [0.2, 0.25) is 0 Å². The van der Waals surface area contributed by atoms with Gasteiger partial charge in [-0.25, -0.2) is 0 Å². The van der Waals surface area contributed by atoms with Crippen molar-refractivity contribution in [3.8, 4) is 11.8 Å². The standard InChI is InChI=1S/C16H23NO2/c1-14(2)17(10-12-19-3)13-16-8-6-15(7-9-16)5-4-11-18/h6-9,14,18H,10-13H2,1-3H3. The van der Waals surface area contributed by atoms with Crippen molar-refractivity contribution in [2.45, 2.75) is 26.4 Å². The Balaban J connectivity index is 2.64. The Bertz CT molecular complexity index is 415. The summed E-state index contributed by atoms with van der Waals surface area (Å²) in [4.78, 5) is 2.37. The van der Waals surface area contributed by atoms with Crippen LogP contribution in [-0.4, -0.2) is 42.9 Å². The fraction of sp³-hybridized carbons (Fsp3) is 0.500. The van der Waals surface area contributed by atoms with Crippen LogP contribution in [-0.2, 0) is 11.3 Å². The number of rotatable bonds is 6. The molecular weight excluding hydrogens is 238 g/mol. The second kappa shape index (κ2) is 8.71. The number of benzene rings is 1. The van der Waals surface area contributed by atoms with Crippen LogP contribution >= 0.6 is 0 Å². The number of aliphatic hydroxyl groups excluding tert-OH is 1. The zero-order valence-corrected chi connectivity index (χ0v) is 12.0. The molecule has 0 unspecified atom stereocenters. The first-order chi connectivity index (χ1) is 9.17. The number of methoxy groups -OCH3 is 1. The Hall–Kier alpha value is -1.34. The maximum atomic E-state index is 8.65. The van der Waals surface area contributed by atoms with E-state index in [1.54, 1.807) is 7.11 Å². The maximum absolute atomic E-state index is 8.65. The molecule has 0 heterocycles. The highest BCUT2D eigenvalue weighted by Crippen LogP contribution is 2.09. The van der Waals surface area contributed by atoms with Crippen molar-refractivity contribution in [3.63, 3.8) is 0 Å². The third-order valence-corrected chi connectivity index (χ3v) is 2.96. The van der Waals surface area contributed by atoms with E-state index < -0.39 is 0 Å². The number of nitrogens with zero attached hydrogens (tertiary/aromatic N) is 1. The first-order valence-electron chi connectivity index (χ1n) is 6.59. The summed E-state index contributed by atoms with van der Waals surface area (Å²) in [7, 11) is 1.73. The van der Waals surface area contributed by atoms with E-state index in [1.165, 1.54) is 5.56 Å². The molecule has 0 aliphatic rings. The summed E-state index contributed by atoms with van der Waals surface area (Å²) in [5, 5.41) is 8.65. The molecule has 0 saturated carbocycles. The van der Waals surface area contributed by atoms with Crippen LogP contribution in [0.25, 0.3) is 0 Å². The molecule has 0 radical (unpaired) electrons. The molecule has 104 valence electrons. The van der Waals surface area contributed by atoms with Crippen molar-refractivity contribution in [2.75, 3.05) is 26.9 Å². The Morgan fingerprint density at radius 2 is 1.95 bits per heavy atom. The van der Waals surface area contributed by atoms with E-state index in [0.717, 1.165) is 25.3 Å². The van der Waals surface area contributed by atoms with Crippen molar-refractivity contribution in [2.24, 2.45) is 0 Å². The molecule has 1 aromatic rings. The third kappa shape index (κ3) is 5.89. The lowest BCUT2D eigenvalue weighted by atomic mass is 10.1. The van der Waals surface area contributed by atoms with Gasteiger partial charge in [-0.2, -0.15) is 0 Å². The molecule has 1 N–H and O–H groups in total. The average Bonchev–Trinajstić information content (AvgIpc) is 2.42. The molecule has 0 aliphatic carbocycles. The topological polar surface area (TPSA) is 32.7 Å². The largest absolute Gasteiger partial charge is 0.384 e. The van der Waals surface area contributed by atoms with Crippen molar-refractivity contribution in [1.29, 1.82) is 0 Å². The Morgan fingerprint density at radius 3 is 2.47 bits per heavy atom. The van der Waals surface area contributed by atoms with Gasteiger partial charge >= 0.3 is 0 Å². The Labute approximate surface area is 116 Å². The molecule has 0 amide bonds. The highest BCUT2D eigenvalue weighted by Gasteiger charge is 2.09. The van der Waals surface area contributed by atoms with Gasteiger partial charge in [0.2, 0.25) is 0 Å². The minimum Gasteiger partial charge on any atom is -0.384 e. The summed E-state index contributed by atoms with van der Waals surface area (Å²) >= 11 is 0. The van der Waals surface area contributed by atoms with Gasteiger partial charge in [-0.1, -0.05) is 24.0 Å². The maximum Gasteiger partial charge on any atom is 0.104 e. The molecule has 0 aliphatic heterocycles. The van der Waals surface area contributed by atoms with E-state index in [-0.39, 0.29) is 6.61 Å². The van der Waals surface area contributed by atoms with E-state index in [9.17, 15) is 0 Å². The Kier molecular flexibility index (Phi) is 7.20. The van der Waals surface area contributed by atoms with Crippen molar-refractivity contribution < 1.29 is 9.84 Å². The second-order valence-electron chi connectivity index (χ2n) is 4.71. The van der Waals surface area contributed by atoms with Crippen molar-refractivity contribution >= 4 is 0 Å². The normalized spacial score (nSPS) is 10.6. The summed E-state index contributed by atoms with van der Waals surface area (Å²) in [6.07, 6.45) is 0. The van der Waals surface area contributed by atoms with Gasteiger partial charge in [0.15, 0.2) is 0 Å². The molecule has 1 aromatic carbocycles. The van der Waals surface area contributed by atoms with Crippen LogP contribution in [0, 0.1) is 11.8 Å². The van der Waals surface area contributed by atoms with Gasteiger partial charge in [-0.15, -0.1) is 0 Å². The van der Waals surface area contributed by atoms with Crippen molar-refractivity contribution in [3.05, 3.63) is 35.4 Å². The van der Waals surface area contributed by atoms with Gasteiger partial charge in [0.25, 0.3) is 0 Å². The van der Waals surface area contributed by atoms with E-state index in [0.29, 0.717) is 6.04 Å². The smallest absolute Gasteiger partial charge is 0.104 e. The van der Waals surface area contributed by atoms with Gasteiger partial charge in [-0.3, -0.25) is 4.90 Å². The predicted molar refractivity (Wildman–Crippen MR) is 77.8 cm³/mol. The van der Waals surface area contributed by atoms with E-state index in [2.05, 4.69) is 42.7 Å². The van der Waals surface area contributed by atoms with Crippen LogP contribution in [0.5, 0.6) is 0 Å². The Morgan fingerprint density at radius 1 is 1.26 bits per heavy atom. The molecule has 3 heteroatoms.